The van der Waals surface area contributed by atoms with Crippen molar-refractivity contribution >= 4 is 21.8 Å². The van der Waals surface area contributed by atoms with Crippen LogP contribution in [0.2, 0.25) is 0 Å². The lowest BCUT2D eigenvalue weighted by molar-refractivity contribution is 0.793. The van der Waals surface area contributed by atoms with E-state index in [4.69, 9.17) is 15.0 Å². The molecule has 0 atom stereocenters. The Bertz CT molecular complexity index is 3040. The molecule has 56 heavy (non-hydrogen) atoms. The molecule has 4 nitrogen and oxygen atoms in total. The van der Waals surface area contributed by atoms with Gasteiger partial charge in [0.15, 0.2) is 17.5 Å². The van der Waals surface area contributed by atoms with Gasteiger partial charge in [0.1, 0.15) is 0 Å². The second-order valence-corrected chi connectivity index (χ2v) is 14.7. The Balaban J connectivity index is 1.14. The molecule has 8 aromatic carbocycles. The van der Waals surface area contributed by atoms with Crippen molar-refractivity contribution < 1.29 is 0 Å². The molecule has 4 heteroatoms. The van der Waals surface area contributed by atoms with E-state index >= 15 is 0 Å². The van der Waals surface area contributed by atoms with Crippen molar-refractivity contribution in [1.82, 2.24) is 19.5 Å². The zero-order chi connectivity index (χ0) is 36.8. The standard InChI is InChI=1S/C52H32N4/c1-3-15-33(16-4-1)49-53-50(34-17-5-2-6-18-34)55-51(54-49)35-27-29-39-42-32-36(56-47-25-13-9-21-40(47)41-22-10-14-26-48(41)56)28-30-45(42)52(46(39)31-35)43-23-11-7-19-37(43)38-20-8-12-24-44(38)52/h1-32H. The van der Waals surface area contributed by atoms with Gasteiger partial charge in [-0.3, -0.25) is 0 Å². The average Bonchev–Trinajstić information content (AvgIpc) is 3.88. The number of rotatable bonds is 4. The van der Waals surface area contributed by atoms with E-state index in [1.165, 1.54) is 66.3 Å². The van der Waals surface area contributed by atoms with Crippen molar-refractivity contribution in [2.24, 2.45) is 0 Å². The Morgan fingerprint density at radius 1 is 0.321 bits per heavy atom. The lowest BCUT2D eigenvalue weighted by Crippen LogP contribution is -2.26. The predicted molar refractivity (Wildman–Crippen MR) is 227 cm³/mol. The van der Waals surface area contributed by atoms with E-state index in [0.717, 1.165) is 22.4 Å². The van der Waals surface area contributed by atoms with Gasteiger partial charge in [-0.2, -0.15) is 0 Å². The summed E-state index contributed by atoms with van der Waals surface area (Å²) in [4.78, 5) is 15.3. The maximum Gasteiger partial charge on any atom is 0.164 e. The van der Waals surface area contributed by atoms with Crippen molar-refractivity contribution in [3.05, 3.63) is 216 Å². The first-order chi connectivity index (χ1) is 27.8. The van der Waals surface area contributed by atoms with Crippen LogP contribution in [0.15, 0.2) is 194 Å². The molecule has 0 bridgehead atoms. The number of aromatic nitrogens is 4. The third-order valence-corrected chi connectivity index (χ3v) is 11.9. The molecule has 1 spiro atoms. The molecule has 2 aliphatic carbocycles. The monoisotopic (exact) mass is 712 g/mol. The third-order valence-electron chi connectivity index (χ3n) is 11.9. The van der Waals surface area contributed by atoms with Gasteiger partial charge < -0.3 is 4.57 Å². The maximum atomic E-state index is 5.16. The summed E-state index contributed by atoms with van der Waals surface area (Å²) in [6.07, 6.45) is 0. The van der Waals surface area contributed by atoms with E-state index in [2.05, 4.69) is 162 Å². The van der Waals surface area contributed by atoms with Gasteiger partial charge in [-0.1, -0.05) is 164 Å². The molecule has 2 heterocycles. The minimum Gasteiger partial charge on any atom is -0.309 e. The first kappa shape index (κ1) is 31.0. The van der Waals surface area contributed by atoms with Gasteiger partial charge in [0, 0.05) is 33.2 Å². The fraction of sp³-hybridized carbons (Fsp3) is 0.0192. The smallest absolute Gasteiger partial charge is 0.164 e. The number of fused-ring (bicyclic) bond motifs is 13. The Hall–Kier alpha value is -7.43. The number of benzene rings is 8. The van der Waals surface area contributed by atoms with Crippen molar-refractivity contribution in [3.63, 3.8) is 0 Å². The summed E-state index contributed by atoms with van der Waals surface area (Å²) in [5.74, 6) is 1.96. The highest BCUT2D eigenvalue weighted by Gasteiger charge is 2.51. The summed E-state index contributed by atoms with van der Waals surface area (Å²) in [7, 11) is 0. The minimum absolute atomic E-state index is 0.523. The minimum atomic E-state index is -0.523. The van der Waals surface area contributed by atoms with Gasteiger partial charge in [0.2, 0.25) is 0 Å². The SMILES string of the molecule is c1ccc(-c2nc(-c3ccccc3)nc(-c3ccc4c(c3)C3(c5ccccc5-c5ccccc53)c3ccc(-n5c6ccccc6c6ccccc65)cc3-4)n2)cc1. The van der Waals surface area contributed by atoms with E-state index in [-0.39, 0.29) is 0 Å². The largest absolute Gasteiger partial charge is 0.309 e. The second kappa shape index (κ2) is 11.8. The Morgan fingerprint density at radius 2 is 0.786 bits per heavy atom. The summed E-state index contributed by atoms with van der Waals surface area (Å²) in [6.45, 7) is 0. The fourth-order valence-corrected chi connectivity index (χ4v) is 9.55. The zero-order valence-electron chi connectivity index (χ0n) is 30.3. The highest BCUT2D eigenvalue weighted by molar-refractivity contribution is 6.09. The Labute approximate surface area is 324 Å². The third kappa shape index (κ3) is 4.27. The van der Waals surface area contributed by atoms with Gasteiger partial charge in [0.05, 0.1) is 16.4 Å². The molecule has 0 saturated carbocycles. The van der Waals surface area contributed by atoms with Crippen LogP contribution in [0.3, 0.4) is 0 Å². The quantitative estimate of drug-likeness (QED) is 0.182. The van der Waals surface area contributed by atoms with Crippen LogP contribution in [0.5, 0.6) is 0 Å². The Kier molecular flexibility index (Phi) is 6.52. The molecule has 2 aliphatic rings. The van der Waals surface area contributed by atoms with E-state index in [1.807, 2.05) is 36.4 Å². The van der Waals surface area contributed by atoms with E-state index < -0.39 is 5.41 Å². The summed E-state index contributed by atoms with van der Waals surface area (Å²) >= 11 is 0. The normalized spacial score (nSPS) is 13.1. The van der Waals surface area contributed by atoms with Crippen LogP contribution in [0, 0.1) is 0 Å². The first-order valence-corrected chi connectivity index (χ1v) is 19.1. The molecular weight excluding hydrogens is 681 g/mol. The maximum absolute atomic E-state index is 5.16. The molecule has 10 aromatic rings. The van der Waals surface area contributed by atoms with Crippen LogP contribution in [0.4, 0.5) is 0 Å². The van der Waals surface area contributed by atoms with E-state index in [1.54, 1.807) is 0 Å². The molecule has 0 fully saturated rings. The topological polar surface area (TPSA) is 43.6 Å². The van der Waals surface area contributed by atoms with Crippen LogP contribution in [-0.4, -0.2) is 19.5 Å². The molecule has 0 saturated heterocycles. The molecule has 2 aromatic heterocycles. The van der Waals surface area contributed by atoms with Gasteiger partial charge in [-0.05, 0) is 74.8 Å². The predicted octanol–water partition coefficient (Wildman–Crippen LogP) is 12.3. The summed E-state index contributed by atoms with van der Waals surface area (Å²) in [6, 6.07) is 69.7. The highest BCUT2D eigenvalue weighted by Crippen LogP contribution is 2.63. The van der Waals surface area contributed by atoms with Gasteiger partial charge in [-0.25, -0.2) is 15.0 Å². The molecule has 260 valence electrons. The van der Waals surface area contributed by atoms with Crippen LogP contribution < -0.4 is 0 Å². The highest BCUT2D eigenvalue weighted by atomic mass is 15.0. The Morgan fingerprint density at radius 3 is 1.38 bits per heavy atom. The van der Waals surface area contributed by atoms with Crippen LogP contribution >= 0.6 is 0 Å². The second-order valence-electron chi connectivity index (χ2n) is 14.7. The number of nitrogens with zero attached hydrogens (tertiary/aromatic N) is 4. The molecular formula is C52H32N4. The van der Waals surface area contributed by atoms with Crippen molar-refractivity contribution in [2.75, 3.05) is 0 Å². The molecule has 0 amide bonds. The van der Waals surface area contributed by atoms with E-state index in [0.29, 0.717) is 17.5 Å². The molecule has 0 N–H and O–H groups in total. The summed E-state index contributed by atoms with van der Waals surface area (Å²) < 4.78 is 2.42. The number of hydrogen-bond acceptors (Lipinski definition) is 3. The summed E-state index contributed by atoms with van der Waals surface area (Å²) in [5.41, 5.74) is 16.0. The zero-order valence-corrected chi connectivity index (χ0v) is 30.3. The van der Waals surface area contributed by atoms with Crippen LogP contribution in [0.25, 0.3) is 83.9 Å². The summed E-state index contributed by atoms with van der Waals surface area (Å²) in [5, 5.41) is 2.51. The lowest BCUT2D eigenvalue weighted by atomic mass is 9.70. The van der Waals surface area contributed by atoms with Gasteiger partial charge in [-0.15, -0.1) is 0 Å². The number of para-hydroxylation sites is 2. The molecule has 0 aliphatic heterocycles. The molecule has 0 unspecified atom stereocenters. The lowest BCUT2D eigenvalue weighted by Gasteiger charge is -2.30. The molecule has 0 radical (unpaired) electrons. The van der Waals surface area contributed by atoms with Crippen LogP contribution in [0.1, 0.15) is 22.3 Å². The van der Waals surface area contributed by atoms with Crippen molar-refractivity contribution in [1.29, 1.82) is 0 Å². The number of hydrogen-bond donors (Lipinski definition) is 0. The van der Waals surface area contributed by atoms with Crippen molar-refractivity contribution in [2.45, 2.75) is 5.41 Å². The van der Waals surface area contributed by atoms with Gasteiger partial charge in [0.25, 0.3) is 0 Å². The first-order valence-electron chi connectivity index (χ1n) is 19.1. The van der Waals surface area contributed by atoms with Crippen LogP contribution in [-0.2, 0) is 5.41 Å². The average molecular weight is 713 g/mol. The fourth-order valence-electron chi connectivity index (χ4n) is 9.55. The van der Waals surface area contributed by atoms with E-state index in [9.17, 15) is 0 Å². The molecule has 12 rings (SSSR count). The van der Waals surface area contributed by atoms with Gasteiger partial charge >= 0.3 is 0 Å². The van der Waals surface area contributed by atoms with Crippen molar-refractivity contribution in [3.8, 4) is 62.1 Å².